The van der Waals surface area contributed by atoms with Crippen LogP contribution in [0.3, 0.4) is 0 Å². The first-order valence-electron chi connectivity index (χ1n) is 12.8. The highest BCUT2D eigenvalue weighted by Crippen LogP contribution is 2.40. The maximum atomic E-state index is 12.6. The van der Waals surface area contributed by atoms with E-state index in [0.29, 0.717) is 36.0 Å². The van der Waals surface area contributed by atoms with Crippen molar-refractivity contribution in [1.29, 1.82) is 0 Å². The molecule has 1 amide bonds. The van der Waals surface area contributed by atoms with Gasteiger partial charge in [-0.3, -0.25) is 14.2 Å². The zero-order valence-corrected chi connectivity index (χ0v) is 22.1. The number of imidazole rings is 1. The molecule has 1 fully saturated rings. The summed E-state index contributed by atoms with van der Waals surface area (Å²) in [5, 5.41) is 12.9. The summed E-state index contributed by atoms with van der Waals surface area (Å²) in [4.78, 5) is 37.6. The van der Waals surface area contributed by atoms with Gasteiger partial charge in [0, 0.05) is 30.0 Å². The van der Waals surface area contributed by atoms with E-state index in [1.54, 1.807) is 12.3 Å². The molecule has 200 valence electrons. The first-order valence-corrected chi connectivity index (χ1v) is 13.2. The predicted octanol–water partition coefficient (Wildman–Crippen LogP) is 4.97. The van der Waals surface area contributed by atoms with Crippen LogP contribution in [0.15, 0.2) is 66.9 Å². The minimum absolute atomic E-state index is 0.000158. The van der Waals surface area contributed by atoms with Gasteiger partial charge in [0.05, 0.1) is 22.6 Å². The average molecular weight is 553 g/mol. The number of aromatic hydroxyl groups is 1. The number of nitrogens with zero attached hydrogens (tertiary/aromatic N) is 4. The van der Waals surface area contributed by atoms with Gasteiger partial charge >= 0.3 is 0 Å². The van der Waals surface area contributed by atoms with Crippen molar-refractivity contribution in [3.63, 3.8) is 0 Å². The van der Waals surface area contributed by atoms with Gasteiger partial charge in [-0.05, 0) is 66.4 Å². The third kappa shape index (κ3) is 4.87. The second-order valence-corrected chi connectivity index (χ2v) is 10.2. The lowest BCUT2D eigenvalue weighted by molar-refractivity contribution is -0.120. The topological polar surface area (TPSA) is 136 Å². The molecule has 1 saturated carbocycles. The van der Waals surface area contributed by atoms with E-state index in [1.165, 1.54) is 6.07 Å². The first kappa shape index (κ1) is 25.5. The smallest absolute Gasteiger partial charge is 0.224 e. The Morgan fingerprint density at radius 1 is 1.10 bits per heavy atom. The fraction of sp³-hybridized carbons (Fsp3) is 0.167. The average Bonchev–Trinajstić information content (AvgIpc) is 3.75. The number of hydrogen-bond acceptors (Lipinski definition) is 7. The van der Waals surface area contributed by atoms with Crippen LogP contribution < -0.4 is 11.1 Å². The summed E-state index contributed by atoms with van der Waals surface area (Å²) in [5.74, 6) is 0.942. The highest BCUT2D eigenvalue weighted by Gasteiger charge is 2.26. The first-order chi connectivity index (χ1) is 19.4. The lowest BCUT2D eigenvalue weighted by Gasteiger charge is -2.12. The van der Waals surface area contributed by atoms with Crippen molar-refractivity contribution in [2.24, 2.45) is 0 Å². The van der Waals surface area contributed by atoms with Gasteiger partial charge in [0.2, 0.25) is 5.91 Å². The Morgan fingerprint density at radius 3 is 2.62 bits per heavy atom. The van der Waals surface area contributed by atoms with Crippen molar-refractivity contribution < 1.29 is 14.7 Å². The molecule has 0 spiro atoms. The number of aromatic nitrogens is 4. The van der Waals surface area contributed by atoms with Crippen LogP contribution in [-0.4, -0.2) is 36.8 Å². The molecule has 0 aliphatic heterocycles. The van der Waals surface area contributed by atoms with Crippen molar-refractivity contribution in [3.8, 4) is 22.8 Å². The van der Waals surface area contributed by atoms with Crippen LogP contribution in [0, 0.1) is 0 Å². The number of carbonyl (C=O) groups is 2. The molecule has 5 aromatic rings. The van der Waals surface area contributed by atoms with Gasteiger partial charge in [-0.1, -0.05) is 29.8 Å². The van der Waals surface area contributed by atoms with Gasteiger partial charge in [0.1, 0.15) is 17.1 Å². The standard InChI is InChI=1S/C30H25ClN6O3/c31-26-19(7-8-20(16-38)27(26)40)14-25(39)34-15-17-3-9-21(10-4-17)37-29(22-2-1-13-33-28(22)32)36-24-12-11-23(18-5-6-18)35-30(24)37/h1-4,7-13,16,18,40H,5-6,14-15H2,(H2,32,33)(H,34,39). The molecular formula is C30H25ClN6O3. The lowest BCUT2D eigenvalue weighted by Crippen LogP contribution is -2.24. The fourth-order valence-electron chi connectivity index (χ4n) is 4.66. The summed E-state index contributed by atoms with van der Waals surface area (Å²) in [6.45, 7) is 0.298. The molecule has 2 aromatic carbocycles. The van der Waals surface area contributed by atoms with Crippen molar-refractivity contribution >= 4 is 40.8 Å². The Bertz CT molecular complexity index is 1760. The number of rotatable bonds is 8. The molecule has 0 radical (unpaired) electrons. The van der Waals surface area contributed by atoms with E-state index in [1.807, 2.05) is 53.1 Å². The minimum atomic E-state index is -0.323. The third-order valence-corrected chi connectivity index (χ3v) is 7.41. The Kier molecular flexibility index (Phi) is 6.65. The molecule has 3 heterocycles. The predicted molar refractivity (Wildman–Crippen MR) is 153 cm³/mol. The zero-order chi connectivity index (χ0) is 27.8. The van der Waals surface area contributed by atoms with Crippen molar-refractivity contribution in [3.05, 3.63) is 94.3 Å². The molecule has 9 nitrogen and oxygen atoms in total. The molecule has 10 heteroatoms. The largest absolute Gasteiger partial charge is 0.506 e. The second kappa shape index (κ2) is 10.4. The number of pyridine rings is 2. The lowest BCUT2D eigenvalue weighted by atomic mass is 10.1. The third-order valence-electron chi connectivity index (χ3n) is 6.99. The number of benzene rings is 2. The van der Waals surface area contributed by atoms with Gasteiger partial charge in [0.25, 0.3) is 0 Å². The van der Waals surface area contributed by atoms with E-state index >= 15 is 0 Å². The van der Waals surface area contributed by atoms with E-state index in [4.69, 9.17) is 27.3 Å². The zero-order valence-electron chi connectivity index (χ0n) is 21.3. The summed E-state index contributed by atoms with van der Waals surface area (Å²) in [5.41, 5.74) is 11.8. The number of aldehydes is 1. The number of halogens is 1. The molecule has 0 unspecified atom stereocenters. The molecule has 0 saturated heterocycles. The van der Waals surface area contributed by atoms with Crippen LogP contribution in [0.5, 0.6) is 5.75 Å². The van der Waals surface area contributed by atoms with E-state index in [0.717, 1.165) is 46.5 Å². The maximum Gasteiger partial charge on any atom is 0.224 e. The van der Waals surface area contributed by atoms with Gasteiger partial charge in [0.15, 0.2) is 17.8 Å². The summed E-state index contributed by atoms with van der Waals surface area (Å²) < 4.78 is 1.99. The number of nitrogen functional groups attached to an aromatic ring is 1. The van der Waals surface area contributed by atoms with Crippen molar-refractivity contribution in [2.45, 2.75) is 31.7 Å². The SMILES string of the molecule is Nc1ncccc1-c1nc2ccc(C3CC3)nc2n1-c1ccc(CNC(=O)Cc2ccc(C=O)c(O)c2Cl)cc1. The number of amides is 1. The molecule has 0 atom stereocenters. The Morgan fingerprint density at radius 2 is 1.90 bits per heavy atom. The second-order valence-electron chi connectivity index (χ2n) is 9.77. The molecule has 1 aliphatic rings. The van der Waals surface area contributed by atoms with E-state index in [2.05, 4.69) is 10.3 Å². The number of carbonyl (C=O) groups excluding carboxylic acids is 2. The van der Waals surface area contributed by atoms with Gasteiger partial charge in [-0.15, -0.1) is 0 Å². The van der Waals surface area contributed by atoms with Crippen LogP contribution in [-0.2, 0) is 17.8 Å². The minimum Gasteiger partial charge on any atom is -0.506 e. The molecule has 1 aliphatic carbocycles. The maximum absolute atomic E-state index is 12.6. The Balaban J connectivity index is 1.25. The molecule has 4 N–H and O–H groups in total. The molecule has 6 rings (SSSR count). The van der Waals surface area contributed by atoms with E-state index in [9.17, 15) is 14.7 Å². The van der Waals surface area contributed by atoms with Crippen LogP contribution >= 0.6 is 11.6 Å². The number of anilines is 1. The summed E-state index contributed by atoms with van der Waals surface area (Å²) in [6.07, 6.45) is 4.42. The van der Waals surface area contributed by atoms with E-state index in [-0.39, 0.29) is 28.7 Å². The normalized spacial score (nSPS) is 12.9. The van der Waals surface area contributed by atoms with Crippen LogP contribution in [0.2, 0.25) is 5.02 Å². The highest BCUT2D eigenvalue weighted by molar-refractivity contribution is 6.33. The summed E-state index contributed by atoms with van der Waals surface area (Å²) in [7, 11) is 0. The van der Waals surface area contributed by atoms with Crippen LogP contribution in [0.1, 0.15) is 45.9 Å². The van der Waals surface area contributed by atoms with Crippen LogP contribution in [0.4, 0.5) is 5.82 Å². The fourth-order valence-corrected chi connectivity index (χ4v) is 4.90. The number of fused-ring (bicyclic) bond motifs is 1. The van der Waals surface area contributed by atoms with E-state index < -0.39 is 0 Å². The molecular weight excluding hydrogens is 528 g/mol. The van der Waals surface area contributed by atoms with Crippen molar-refractivity contribution in [1.82, 2.24) is 24.8 Å². The summed E-state index contributed by atoms with van der Waals surface area (Å²) >= 11 is 6.13. The number of phenolic OH excluding ortho intramolecular Hbond substituents is 1. The highest BCUT2D eigenvalue weighted by atomic mass is 35.5. The number of phenols is 1. The van der Waals surface area contributed by atoms with Gasteiger partial charge < -0.3 is 16.2 Å². The number of nitrogens with one attached hydrogen (secondary N) is 1. The molecule has 3 aromatic heterocycles. The summed E-state index contributed by atoms with van der Waals surface area (Å²) in [6, 6.07) is 18.5. The Hall–Kier alpha value is -4.76. The van der Waals surface area contributed by atoms with Gasteiger partial charge in [-0.25, -0.2) is 15.0 Å². The quantitative estimate of drug-likeness (QED) is 0.231. The van der Waals surface area contributed by atoms with Crippen molar-refractivity contribution in [2.75, 3.05) is 5.73 Å². The van der Waals surface area contributed by atoms with Crippen LogP contribution in [0.25, 0.3) is 28.2 Å². The number of hydrogen-bond donors (Lipinski definition) is 3. The Labute approximate surface area is 234 Å². The molecule has 40 heavy (non-hydrogen) atoms. The number of nitrogens with two attached hydrogens (primary N) is 1. The molecule has 0 bridgehead atoms. The van der Waals surface area contributed by atoms with Gasteiger partial charge in [-0.2, -0.15) is 0 Å². The monoisotopic (exact) mass is 552 g/mol.